The standard InChI is InChI=1S/C16H19N3O3S/c1-10-8-13(19-15(20)12-5-3-7-22-12)23-14(10)16(21)18-11-4-2-6-17-9-11/h3,5,7-8,11,17H,2,4,6,9H2,1H3,(H,18,21)(H,19,20). The Balaban J connectivity index is 1.65. The number of carbonyl (C=O) groups is 2. The van der Waals surface area contributed by atoms with Crippen LogP contribution in [0.25, 0.3) is 0 Å². The van der Waals surface area contributed by atoms with E-state index in [0.29, 0.717) is 9.88 Å². The number of hydrogen-bond acceptors (Lipinski definition) is 5. The minimum atomic E-state index is -0.320. The van der Waals surface area contributed by atoms with Crippen LogP contribution in [-0.2, 0) is 0 Å². The van der Waals surface area contributed by atoms with Crippen LogP contribution in [0.5, 0.6) is 0 Å². The van der Waals surface area contributed by atoms with Gasteiger partial charge in [0.15, 0.2) is 5.76 Å². The molecule has 3 N–H and O–H groups in total. The highest BCUT2D eigenvalue weighted by Gasteiger charge is 2.20. The van der Waals surface area contributed by atoms with Crippen molar-refractivity contribution in [2.24, 2.45) is 0 Å². The van der Waals surface area contributed by atoms with E-state index in [1.807, 2.05) is 6.92 Å². The van der Waals surface area contributed by atoms with Gasteiger partial charge < -0.3 is 20.4 Å². The minimum Gasteiger partial charge on any atom is -0.459 e. The van der Waals surface area contributed by atoms with Gasteiger partial charge in [0.1, 0.15) is 0 Å². The molecule has 2 amide bonds. The van der Waals surface area contributed by atoms with Crippen LogP contribution in [0.4, 0.5) is 5.00 Å². The van der Waals surface area contributed by atoms with Gasteiger partial charge in [-0.15, -0.1) is 11.3 Å². The van der Waals surface area contributed by atoms with Gasteiger partial charge in [0.2, 0.25) is 0 Å². The maximum atomic E-state index is 12.4. The lowest BCUT2D eigenvalue weighted by Crippen LogP contribution is -2.45. The fraction of sp³-hybridized carbons (Fsp3) is 0.375. The second-order valence-electron chi connectivity index (χ2n) is 5.57. The lowest BCUT2D eigenvalue weighted by atomic mass is 10.1. The van der Waals surface area contributed by atoms with Crippen LogP contribution in [0.2, 0.25) is 0 Å². The van der Waals surface area contributed by atoms with Crippen molar-refractivity contribution in [3.05, 3.63) is 40.7 Å². The van der Waals surface area contributed by atoms with E-state index in [9.17, 15) is 9.59 Å². The van der Waals surface area contributed by atoms with Crippen molar-refractivity contribution in [3.63, 3.8) is 0 Å². The van der Waals surface area contributed by atoms with Crippen molar-refractivity contribution in [2.75, 3.05) is 18.4 Å². The molecule has 0 spiro atoms. The van der Waals surface area contributed by atoms with Crippen molar-refractivity contribution in [1.29, 1.82) is 0 Å². The third-order valence-electron chi connectivity index (χ3n) is 3.74. The number of rotatable bonds is 4. The Labute approximate surface area is 138 Å². The maximum Gasteiger partial charge on any atom is 0.291 e. The van der Waals surface area contributed by atoms with E-state index < -0.39 is 0 Å². The number of nitrogens with one attached hydrogen (secondary N) is 3. The van der Waals surface area contributed by atoms with Gasteiger partial charge in [-0.25, -0.2) is 0 Å². The summed E-state index contributed by atoms with van der Waals surface area (Å²) >= 11 is 1.28. The molecule has 6 nitrogen and oxygen atoms in total. The molecule has 0 saturated carbocycles. The highest BCUT2D eigenvalue weighted by molar-refractivity contribution is 7.18. The van der Waals surface area contributed by atoms with Crippen LogP contribution in [0.15, 0.2) is 28.9 Å². The summed E-state index contributed by atoms with van der Waals surface area (Å²) in [5.41, 5.74) is 0.853. The Morgan fingerprint density at radius 3 is 2.96 bits per heavy atom. The fourth-order valence-corrected chi connectivity index (χ4v) is 3.55. The summed E-state index contributed by atoms with van der Waals surface area (Å²) in [5.74, 6) is -0.158. The van der Waals surface area contributed by atoms with E-state index in [4.69, 9.17) is 4.42 Å². The average Bonchev–Trinajstić information content (AvgIpc) is 3.18. The lowest BCUT2D eigenvalue weighted by molar-refractivity contribution is 0.0933. The van der Waals surface area contributed by atoms with E-state index in [0.717, 1.165) is 31.5 Å². The molecule has 3 heterocycles. The molecule has 1 aliphatic heterocycles. The first-order valence-electron chi connectivity index (χ1n) is 7.60. The topological polar surface area (TPSA) is 83.4 Å². The van der Waals surface area contributed by atoms with Crippen LogP contribution in [-0.4, -0.2) is 30.9 Å². The van der Waals surface area contributed by atoms with Gasteiger partial charge in [-0.05, 0) is 50.1 Å². The fourth-order valence-electron chi connectivity index (χ4n) is 2.58. The van der Waals surface area contributed by atoms with Crippen LogP contribution in [0, 0.1) is 6.92 Å². The van der Waals surface area contributed by atoms with Gasteiger partial charge in [-0.3, -0.25) is 9.59 Å². The summed E-state index contributed by atoms with van der Waals surface area (Å²) in [4.78, 5) is 25.0. The molecule has 1 aliphatic rings. The summed E-state index contributed by atoms with van der Waals surface area (Å²) in [6.45, 7) is 3.68. The Morgan fingerprint density at radius 1 is 1.39 bits per heavy atom. The molecular formula is C16H19N3O3S. The molecule has 3 rings (SSSR count). The molecule has 0 aliphatic carbocycles. The third kappa shape index (κ3) is 3.80. The number of piperidine rings is 1. The summed E-state index contributed by atoms with van der Waals surface area (Å²) in [7, 11) is 0. The normalized spacial score (nSPS) is 17.7. The molecule has 0 radical (unpaired) electrons. The largest absolute Gasteiger partial charge is 0.459 e. The Bertz CT molecular complexity index is 687. The van der Waals surface area contributed by atoms with Crippen LogP contribution in [0.1, 0.15) is 38.6 Å². The first kappa shape index (κ1) is 15.8. The molecule has 1 saturated heterocycles. The average molecular weight is 333 g/mol. The highest BCUT2D eigenvalue weighted by atomic mass is 32.1. The molecule has 122 valence electrons. The van der Waals surface area contributed by atoms with Crippen LogP contribution < -0.4 is 16.0 Å². The number of aryl methyl sites for hydroxylation is 1. The zero-order valence-corrected chi connectivity index (χ0v) is 13.7. The molecular weight excluding hydrogens is 314 g/mol. The molecule has 0 aromatic carbocycles. The molecule has 23 heavy (non-hydrogen) atoms. The SMILES string of the molecule is Cc1cc(NC(=O)c2ccco2)sc1C(=O)NC1CCCNC1. The number of hydrogen-bond donors (Lipinski definition) is 3. The zero-order chi connectivity index (χ0) is 16.2. The molecule has 1 fully saturated rings. The maximum absolute atomic E-state index is 12.4. The smallest absolute Gasteiger partial charge is 0.291 e. The van der Waals surface area contributed by atoms with E-state index >= 15 is 0 Å². The highest BCUT2D eigenvalue weighted by Crippen LogP contribution is 2.27. The van der Waals surface area contributed by atoms with Crippen LogP contribution in [0.3, 0.4) is 0 Å². The molecule has 2 aromatic rings. The quantitative estimate of drug-likeness (QED) is 0.802. The zero-order valence-electron chi connectivity index (χ0n) is 12.8. The van der Waals surface area contributed by atoms with E-state index in [2.05, 4.69) is 16.0 Å². The second kappa shape index (κ2) is 6.97. The third-order valence-corrected chi connectivity index (χ3v) is 4.89. The van der Waals surface area contributed by atoms with Crippen LogP contribution >= 0.6 is 11.3 Å². The number of anilines is 1. The van der Waals surface area contributed by atoms with Gasteiger partial charge in [-0.2, -0.15) is 0 Å². The van der Waals surface area contributed by atoms with E-state index in [-0.39, 0.29) is 23.6 Å². The van der Waals surface area contributed by atoms with Crippen molar-refractivity contribution < 1.29 is 14.0 Å². The second-order valence-corrected chi connectivity index (χ2v) is 6.62. The van der Waals surface area contributed by atoms with Crippen molar-refractivity contribution in [2.45, 2.75) is 25.8 Å². The number of amides is 2. The Kier molecular flexibility index (Phi) is 4.78. The minimum absolute atomic E-state index is 0.0836. The molecule has 7 heteroatoms. The Morgan fingerprint density at radius 2 is 2.26 bits per heavy atom. The van der Waals surface area contributed by atoms with Gasteiger partial charge in [0.05, 0.1) is 16.1 Å². The summed E-state index contributed by atoms with van der Waals surface area (Å²) in [5, 5.41) is 9.71. The first-order chi connectivity index (χ1) is 11.1. The van der Waals surface area contributed by atoms with E-state index in [1.165, 1.54) is 17.6 Å². The lowest BCUT2D eigenvalue weighted by Gasteiger charge is -2.23. The number of furan rings is 1. The summed E-state index contributed by atoms with van der Waals surface area (Å²) in [6, 6.07) is 5.23. The van der Waals surface area contributed by atoms with Gasteiger partial charge in [0, 0.05) is 12.6 Å². The van der Waals surface area contributed by atoms with Gasteiger partial charge in [0.25, 0.3) is 11.8 Å². The first-order valence-corrected chi connectivity index (χ1v) is 8.42. The molecule has 1 unspecified atom stereocenters. The monoisotopic (exact) mass is 333 g/mol. The van der Waals surface area contributed by atoms with Gasteiger partial charge in [-0.1, -0.05) is 0 Å². The number of thiophene rings is 1. The predicted octanol–water partition coefficient (Wildman–Crippen LogP) is 2.38. The number of carbonyl (C=O) groups excluding carboxylic acids is 2. The summed E-state index contributed by atoms with van der Waals surface area (Å²) in [6.07, 6.45) is 3.51. The van der Waals surface area contributed by atoms with Crippen molar-refractivity contribution in [3.8, 4) is 0 Å². The molecule has 0 bridgehead atoms. The van der Waals surface area contributed by atoms with Crippen molar-refractivity contribution in [1.82, 2.24) is 10.6 Å². The van der Waals surface area contributed by atoms with E-state index in [1.54, 1.807) is 18.2 Å². The molecule has 2 aromatic heterocycles. The van der Waals surface area contributed by atoms with Crippen molar-refractivity contribution >= 4 is 28.2 Å². The summed E-state index contributed by atoms with van der Waals surface area (Å²) < 4.78 is 5.06. The Hall–Kier alpha value is -2.12. The van der Waals surface area contributed by atoms with Gasteiger partial charge >= 0.3 is 0 Å². The molecule has 1 atom stereocenters. The predicted molar refractivity (Wildman–Crippen MR) is 89.1 cm³/mol.